The third-order valence-electron chi connectivity index (χ3n) is 4.58. The fourth-order valence-corrected chi connectivity index (χ4v) is 3.84. The van der Waals surface area contributed by atoms with Gasteiger partial charge in [0.2, 0.25) is 0 Å². The molecule has 4 aliphatic carbocycles. The highest BCUT2D eigenvalue weighted by molar-refractivity contribution is 6.14. The minimum atomic E-state index is -1.20. The Bertz CT molecular complexity index is 440. The topological polar surface area (TPSA) is 60.4 Å². The standard InChI is InChI=1S/C13H14O4/c1-17-12(16)13-8-3-2-4-9(13)11(15)7(5-8)6-10(13)14/h2-3,7-9H,4-6H2,1H3/t7-,8+,9-,13+/m1/s1. The second kappa shape index (κ2) is 3.28. The number of ether oxygens (including phenoxy) is 1. The third-order valence-corrected chi connectivity index (χ3v) is 4.58. The maximum atomic E-state index is 12.3. The quantitative estimate of drug-likeness (QED) is 0.384. The molecule has 0 saturated heterocycles. The molecule has 0 aromatic carbocycles. The maximum absolute atomic E-state index is 12.3. The molecule has 4 rings (SSSR count). The molecule has 0 amide bonds. The van der Waals surface area contributed by atoms with Gasteiger partial charge in [0.05, 0.1) is 7.11 Å². The van der Waals surface area contributed by atoms with Gasteiger partial charge in [0, 0.05) is 24.2 Å². The van der Waals surface area contributed by atoms with Crippen LogP contribution in [0.3, 0.4) is 0 Å². The van der Waals surface area contributed by atoms with Crippen molar-refractivity contribution in [3.8, 4) is 0 Å². The molecule has 0 aromatic heterocycles. The van der Waals surface area contributed by atoms with Gasteiger partial charge in [-0.1, -0.05) is 12.2 Å². The maximum Gasteiger partial charge on any atom is 0.320 e. The zero-order valence-corrected chi connectivity index (χ0v) is 9.64. The Balaban J connectivity index is 2.19. The summed E-state index contributed by atoms with van der Waals surface area (Å²) in [6.45, 7) is 0. The van der Waals surface area contributed by atoms with E-state index in [9.17, 15) is 14.4 Å². The van der Waals surface area contributed by atoms with E-state index in [1.54, 1.807) is 0 Å². The fraction of sp³-hybridized carbons (Fsp3) is 0.615. The number of hydrogen-bond acceptors (Lipinski definition) is 4. The number of hydrogen-bond donors (Lipinski definition) is 0. The van der Waals surface area contributed by atoms with Gasteiger partial charge in [-0.2, -0.15) is 0 Å². The molecular formula is C13H14O4. The number of rotatable bonds is 1. The van der Waals surface area contributed by atoms with Crippen molar-refractivity contribution in [1.29, 1.82) is 0 Å². The molecule has 3 saturated carbocycles. The first-order chi connectivity index (χ1) is 8.12. The Morgan fingerprint density at radius 2 is 2.24 bits per heavy atom. The molecule has 4 nitrogen and oxygen atoms in total. The van der Waals surface area contributed by atoms with Crippen LogP contribution in [-0.2, 0) is 19.1 Å². The van der Waals surface area contributed by atoms with Crippen LogP contribution in [0.2, 0.25) is 0 Å². The molecule has 0 unspecified atom stereocenters. The van der Waals surface area contributed by atoms with Crippen molar-refractivity contribution in [3.63, 3.8) is 0 Å². The number of fused-ring (bicyclic) bond motifs is 1. The van der Waals surface area contributed by atoms with Crippen LogP contribution in [0.4, 0.5) is 0 Å². The molecule has 4 bridgehead atoms. The molecular weight excluding hydrogens is 220 g/mol. The molecule has 3 fully saturated rings. The van der Waals surface area contributed by atoms with E-state index in [0.717, 1.165) is 0 Å². The van der Waals surface area contributed by atoms with Gasteiger partial charge < -0.3 is 4.74 Å². The van der Waals surface area contributed by atoms with Gasteiger partial charge in [0.1, 0.15) is 11.2 Å². The average molecular weight is 234 g/mol. The summed E-state index contributed by atoms with van der Waals surface area (Å²) < 4.78 is 4.82. The fourth-order valence-electron chi connectivity index (χ4n) is 3.84. The summed E-state index contributed by atoms with van der Waals surface area (Å²) in [5.74, 6) is -1.33. The van der Waals surface area contributed by atoms with Crippen molar-refractivity contribution >= 4 is 17.5 Å². The van der Waals surface area contributed by atoms with Gasteiger partial charge in [0.25, 0.3) is 0 Å². The van der Waals surface area contributed by atoms with E-state index in [4.69, 9.17) is 4.74 Å². The number of ketones is 2. The van der Waals surface area contributed by atoms with Crippen LogP contribution in [0.15, 0.2) is 12.2 Å². The molecule has 4 atom stereocenters. The summed E-state index contributed by atoms with van der Waals surface area (Å²) in [4.78, 5) is 36.5. The predicted molar refractivity (Wildman–Crippen MR) is 57.9 cm³/mol. The second-order valence-electron chi connectivity index (χ2n) is 5.15. The van der Waals surface area contributed by atoms with Gasteiger partial charge in [-0.15, -0.1) is 0 Å². The normalized spacial score (nSPS) is 42.8. The van der Waals surface area contributed by atoms with Crippen LogP contribution in [-0.4, -0.2) is 24.6 Å². The van der Waals surface area contributed by atoms with E-state index < -0.39 is 17.3 Å². The minimum Gasteiger partial charge on any atom is -0.468 e. The first-order valence-corrected chi connectivity index (χ1v) is 5.94. The Labute approximate surface area is 99.0 Å². The number of esters is 1. The van der Waals surface area contributed by atoms with E-state index >= 15 is 0 Å². The van der Waals surface area contributed by atoms with E-state index in [0.29, 0.717) is 12.8 Å². The smallest absolute Gasteiger partial charge is 0.320 e. The molecule has 0 aliphatic heterocycles. The summed E-state index contributed by atoms with van der Waals surface area (Å²) in [7, 11) is 1.29. The summed E-state index contributed by atoms with van der Waals surface area (Å²) in [5, 5.41) is 0. The molecule has 4 aliphatic rings. The lowest BCUT2D eigenvalue weighted by Crippen LogP contribution is -2.64. The van der Waals surface area contributed by atoms with Crippen molar-refractivity contribution in [3.05, 3.63) is 12.2 Å². The first-order valence-electron chi connectivity index (χ1n) is 5.94. The monoisotopic (exact) mass is 234 g/mol. The Hall–Kier alpha value is -1.45. The van der Waals surface area contributed by atoms with E-state index in [1.165, 1.54) is 7.11 Å². The summed E-state index contributed by atoms with van der Waals surface area (Å²) in [6, 6.07) is 0. The van der Waals surface area contributed by atoms with Gasteiger partial charge in [-0.3, -0.25) is 14.4 Å². The minimum absolute atomic E-state index is 0.0793. The van der Waals surface area contributed by atoms with Gasteiger partial charge in [0.15, 0.2) is 5.78 Å². The second-order valence-corrected chi connectivity index (χ2v) is 5.15. The molecule has 0 radical (unpaired) electrons. The first kappa shape index (κ1) is 10.7. The van der Waals surface area contributed by atoms with Crippen LogP contribution >= 0.6 is 0 Å². The number of allylic oxidation sites excluding steroid dienone is 2. The Morgan fingerprint density at radius 3 is 2.94 bits per heavy atom. The predicted octanol–water partition coefficient (Wildman–Crippen LogP) is 0.900. The summed E-state index contributed by atoms with van der Waals surface area (Å²) >= 11 is 0. The highest BCUT2D eigenvalue weighted by Gasteiger charge is 2.67. The van der Waals surface area contributed by atoms with Crippen molar-refractivity contribution in [2.75, 3.05) is 7.11 Å². The molecule has 0 heterocycles. The summed E-state index contributed by atoms with van der Waals surface area (Å²) in [6.07, 6.45) is 5.17. The van der Waals surface area contributed by atoms with E-state index in [1.807, 2.05) is 12.2 Å². The lowest BCUT2D eigenvalue weighted by atomic mass is 9.46. The SMILES string of the molecule is COC(=O)[C@@]12C(=O)C[C@H]3C[C@@H]1C=CC[C@@H]2C3=O. The number of carbonyl (C=O) groups is 3. The molecule has 0 aromatic rings. The van der Waals surface area contributed by atoms with Crippen LogP contribution in [0.25, 0.3) is 0 Å². The van der Waals surface area contributed by atoms with Gasteiger partial charge in [-0.05, 0) is 12.8 Å². The van der Waals surface area contributed by atoms with E-state index in [2.05, 4.69) is 0 Å². The molecule has 0 spiro atoms. The van der Waals surface area contributed by atoms with Crippen molar-refractivity contribution < 1.29 is 19.1 Å². The third kappa shape index (κ3) is 1.06. The van der Waals surface area contributed by atoms with Gasteiger partial charge in [-0.25, -0.2) is 0 Å². The van der Waals surface area contributed by atoms with Crippen molar-refractivity contribution in [1.82, 2.24) is 0 Å². The largest absolute Gasteiger partial charge is 0.468 e. The molecule has 90 valence electrons. The molecule has 17 heavy (non-hydrogen) atoms. The molecule has 0 N–H and O–H groups in total. The number of methoxy groups -OCH3 is 1. The average Bonchev–Trinajstić information content (AvgIpc) is 2.34. The van der Waals surface area contributed by atoms with Gasteiger partial charge >= 0.3 is 5.97 Å². The Morgan fingerprint density at radius 1 is 1.47 bits per heavy atom. The highest BCUT2D eigenvalue weighted by atomic mass is 16.5. The van der Waals surface area contributed by atoms with Crippen LogP contribution in [0.5, 0.6) is 0 Å². The summed E-state index contributed by atoms with van der Waals surface area (Å²) in [5.41, 5.74) is -1.20. The lowest BCUT2D eigenvalue weighted by molar-refractivity contribution is -0.181. The molecule has 4 heteroatoms. The Kier molecular flexibility index (Phi) is 2.06. The number of Topliss-reactive ketones (excluding diaryl/α,β-unsaturated/α-hetero) is 2. The zero-order chi connectivity index (χ0) is 12.2. The van der Waals surface area contributed by atoms with Crippen LogP contribution in [0.1, 0.15) is 19.3 Å². The van der Waals surface area contributed by atoms with Crippen molar-refractivity contribution in [2.24, 2.45) is 23.2 Å². The van der Waals surface area contributed by atoms with Crippen LogP contribution in [0, 0.1) is 23.2 Å². The lowest BCUT2D eigenvalue weighted by Gasteiger charge is -2.53. The van der Waals surface area contributed by atoms with Crippen molar-refractivity contribution in [2.45, 2.75) is 19.3 Å². The zero-order valence-electron chi connectivity index (χ0n) is 9.64. The van der Waals surface area contributed by atoms with E-state index in [-0.39, 0.29) is 29.8 Å². The highest BCUT2D eigenvalue weighted by Crippen LogP contribution is 2.57. The number of carbonyl (C=O) groups excluding carboxylic acids is 3. The van der Waals surface area contributed by atoms with Crippen LogP contribution < -0.4 is 0 Å².